The van der Waals surface area contributed by atoms with Crippen LogP contribution in [0.1, 0.15) is 43.6 Å². The number of halogens is 1. The predicted octanol–water partition coefficient (Wildman–Crippen LogP) is 2.95. The second-order valence-corrected chi connectivity index (χ2v) is 8.09. The van der Waals surface area contributed by atoms with Crippen LogP contribution in [0.4, 0.5) is 10.5 Å². The van der Waals surface area contributed by atoms with Gasteiger partial charge in [0, 0.05) is 19.7 Å². The summed E-state index contributed by atoms with van der Waals surface area (Å²) in [5, 5.41) is 9.47. The van der Waals surface area contributed by atoms with Crippen molar-refractivity contribution in [2.75, 3.05) is 26.0 Å². The summed E-state index contributed by atoms with van der Waals surface area (Å²) in [6, 6.07) is 1.48. The number of carbonyl (C=O) groups is 2. The van der Waals surface area contributed by atoms with Gasteiger partial charge in [-0.25, -0.2) is 9.78 Å². The van der Waals surface area contributed by atoms with Crippen molar-refractivity contribution in [1.29, 1.82) is 0 Å². The average Bonchev–Trinajstić information content (AvgIpc) is 3.04. The molecule has 0 bridgehead atoms. The van der Waals surface area contributed by atoms with E-state index in [1.807, 2.05) is 0 Å². The number of hydrogen-bond donors (Lipinski definition) is 3. The molecule has 0 atom stereocenters. The number of hydrogen-bond acceptors (Lipinski definition) is 5. The highest BCUT2D eigenvalue weighted by Crippen LogP contribution is 2.48. The molecule has 1 aromatic heterocycles. The van der Waals surface area contributed by atoms with Crippen molar-refractivity contribution in [3.63, 3.8) is 0 Å². The number of amides is 3. The standard InChI is InChI=1S/C19H24ClN5O3/c1-25(2)14(26)10-21-9-13-22-12-8-11(20)16-15(17(12)28-13)19(24-18(27)23-16)6-4-3-5-7-19/h8,21H,3-7,9-10H2,1-2H3,(H2,23,24,27). The normalized spacial score (nSPS) is 17.9. The highest BCUT2D eigenvalue weighted by atomic mass is 35.5. The van der Waals surface area contributed by atoms with E-state index >= 15 is 0 Å². The molecule has 1 aliphatic carbocycles. The number of likely N-dealkylation sites (N-methyl/N-ethyl adjacent to an activating group) is 1. The van der Waals surface area contributed by atoms with Crippen LogP contribution in [0.5, 0.6) is 0 Å². The van der Waals surface area contributed by atoms with Gasteiger partial charge in [0.15, 0.2) is 5.58 Å². The van der Waals surface area contributed by atoms with Crippen LogP contribution in [0.15, 0.2) is 10.5 Å². The number of nitrogens with one attached hydrogen (secondary N) is 3. The quantitative estimate of drug-likeness (QED) is 0.726. The monoisotopic (exact) mass is 405 g/mol. The van der Waals surface area contributed by atoms with Gasteiger partial charge in [-0.05, 0) is 18.9 Å². The number of fused-ring (bicyclic) bond motifs is 4. The second-order valence-electron chi connectivity index (χ2n) is 7.68. The number of carbonyl (C=O) groups excluding carboxylic acids is 2. The Balaban J connectivity index is 1.71. The maximum atomic E-state index is 12.3. The van der Waals surface area contributed by atoms with Crippen molar-refractivity contribution in [2.45, 2.75) is 44.2 Å². The van der Waals surface area contributed by atoms with Gasteiger partial charge in [0.25, 0.3) is 0 Å². The molecule has 1 spiro atoms. The van der Waals surface area contributed by atoms with Gasteiger partial charge in [0.2, 0.25) is 11.8 Å². The first-order valence-corrected chi connectivity index (χ1v) is 9.90. The van der Waals surface area contributed by atoms with E-state index in [9.17, 15) is 9.59 Å². The predicted molar refractivity (Wildman–Crippen MR) is 106 cm³/mol. The Morgan fingerprint density at radius 2 is 2.11 bits per heavy atom. The van der Waals surface area contributed by atoms with E-state index in [-0.39, 0.29) is 18.5 Å². The Morgan fingerprint density at radius 3 is 2.82 bits per heavy atom. The van der Waals surface area contributed by atoms with Gasteiger partial charge in [-0.15, -0.1) is 0 Å². The molecule has 0 unspecified atom stereocenters. The molecule has 150 valence electrons. The minimum absolute atomic E-state index is 0.0235. The number of nitrogens with zero attached hydrogens (tertiary/aromatic N) is 2. The number of rotatable bonds is 4. The third kappa shape index (κ3) is 3.31. The fourth-order valence-electron chi connectivity index (χ4n) is 4.12. The lowest BCUT2D eigenvalue weighted by Crippen LogP contribution is -2.52. The molecule has 28 heavy (non-hydrogen) atoms. The fraction of sp³-hybridized carbons (Fsp3) is 0.526. The van der Waals surface area contributed by atoms with Gasteiger partial charge in [-0.3, -0.25) is 10.1 Å². The van der Waals surface area contributed by atoms with E-state index in [0.717, 1.165) is 37.7 Å². The van der Waals surface area contributed by atoms with E-state index < -0.39 is 5.54 Å². The van der Waals surface area contributed by atoms with Crippen LogP contribution in [-0.4, -0.2) is 42.5 Å². The summed E-state index contributed by atoms with van der Waals surface area (Å²) in [6.07, 6.45) is 4.89. The minimum atomic E-state index is -0.482. The van der Waals surface area contributed by atoms with Crippen LogP contribution in [0.2, 0.25) is 5.02 Å². The van der Waals surface area contributed by atoms with E-state index in [0.29, 0.717) is 34.2 Å². The molecule has 9 heteroatoms. The summed E-state index contributed by atoms with van der Waals surface area (Å²) in [7, 11) is 3.42. The summed E-state index contributed by atoms with van der Waals surface area (Å²) in [5.74, 6) is 0.457. The van der Waals surface area contributed by atoms with Crippen LogP contribution in [0, 0.1) is 0 Å². The molecule has 3 N–H and O–H groups in total. The third-order valence-electron chi connectivity index (χ3n) is 5.51. The molecule has 1 aromatic carbocycles. The maximum Gasteiger partial charge on any atom is 0.319 e. The van der Waals surface area contributed by atoms with E-state index in [2.05, 4.69) is 20.9 Å². The van der Waals surface area contributed by atoms with Crippen molar-refractivity contribution in [3.05, 3.63) is 22.5 Å². The lowest BCUT2D eigenvalue weighted by molar-refractivity contribution is -0.127. The number of aromatic nitrogens is 1. The van der Waals surface area contributed by atoms with Crippen molar-refractivity contribution in [1.82, 2.24) is 20.5 Å². The number of benzene rings is 1. The molecule has 0 radical (unpaired) electrons. The molecule has 1 fully saturated rings. The smallest absolute Gasteiger partial charge is 0.319 e. The second kappa shape index (κ2) is 7.25. The topological polar surface area (TPSA) is 99.5 Å². The van der Waals surface area contributed by atoms with Crippen molar-refractivity contribution < 1.29 is 14.0 Å². The van der Waals surface area contributed by atoms with Gasteiger partial charge in [-0.1, -0.05) is 30.9 Å². The molecule has 1 aliphatic heterocycles. The molecular formula is C19H24ClN5O3. The van der Waals surface area contributed by atoms with E-state index in [4.69, 9.17) is 16.0 Å². The first-order valence-electron chi connectivity index (χ1n) is 9.52. The minimum Gasteiger partial charge on any atom is -0.439 e. The Bertz CT molecular complexity index is 933. The van der Waals surface area contributed by atoms with Crippen LogP contribution in [0.25, 0.3) is 11.1 Å². The Hall–Kier alpha value is -2.32. The number of anilines is 1. The summed E-state index contributed by atoms with van der Waals surface area (Å²) in [4.78, 5) is 30.1. The Kier molecular flexibility index (Phi) is 4.93. The molecule has 2 heterocycles. The van der Waals surface area contributed by atoms with E-state index in [1.165, 1.54) is 4.90 Å². The summed E-state index contributed by atoms with van der Waals surface area (Å²) < 4.78 is 6.08. The van der Waals surface area contributed by atoms with E-state index in [1.54, 1.807) is 20.2 Å². The number of oxazole rings is 1. The first-order chi connectivity index (χ1) is 13.4. The molecule has 4 rings (SSSR count). The molecular weight excluding hydrogens is 382 g/mol. The third-order valence-corrected chi connectivity index (χ3v) is 5.80. The SMILES string of the molecule is CN(C)C(=O)CNCc1nc2cc(Cl)c3c(c2o1)C1(CCCCC1)NC(=O)N3. The molecule has 2 aliphatic rings. The van der Waals surface area contributed by atoms with Gasteiger partial charge in [0.05, 0.1) is 29.3 Å². The van der Waals surface area contributed by atoms with Crippen LogP contribution in [0.3, 0.4) is 0 Å². The molecule has 2 aromatic rings. The summed E-state index contributed by atoms with van der Waals surface area (Å²) in [6.45, 7) is 0.527. The lowest BCUT2D eigenvalue weighted by Gasteiger charge is -2.42. The van der Waals surface area contributed by atoms with Gasteiger partial charge in [-0.2, -0.15) is 0 Å². The molecule has 3 amide bonds. The first kappa shape index (κ1) is 19.0. The van der Waals surface area contributed by atoms with Crippen LogP contribution >= 0.6 is 11.6 Å². The van der Waals surface area contributed by atoms with Crippen LogP contribution < -0.4 is 16.0 Å². The van der Waals surface area contributed by atoms with Gasteiger partial charge in [0.1, 0.15) is 5.52 Å². The zero-order valence-electron chi connectivity index (χ0n) is 16.0. The van der Waals surface area contributed by atoms with Gasteiger partial charge < -0.3 is 20.0 Å². The fourth-order valence-corrected chi connectivity index (χ4v) is 4.37. The van der Waals surface area contributed by atoms with Crippen LogP contribution in [-0.2, 0) is 16.9 Å². The van der Waals surface area contributed by atoms with Crippen molar-refractivity contribution in [2.24, 2.45) is 0 Å². The highest BCUT2D eigenvalue weighted by molar-refractivity contribution is 6.35. The Labute approximate surface area is 168 Å². The van der Waals surface area contributed by atoms with Gasteiger partial charge >= 0.3 is 6.03 Å². The Morgan fingerprint density at radius 1 is 1.36 bits per heavy atom. The lowest BCUT2D eigenvalue weighted by atomic mass is 9.74. The average molecular weight is 406 g/mol. The van der Waals surface area contributed by atoms with Crippen molar-refractivity contribution >= 4 is 40.3 Å². The highest BCUT2D eigenvalue weighted by Gasteiger charge is 2.44. The van der Waals surface area contributed by atoms with Crippen molar-refractivity contribution in [3.8, 4) is 0 Å². The molecule has 8 nitrogen and oxygen atoms in total. The zero-order valence-corrected chi connectivity index (χ0v) is 16.8. The summed E-state index contributed by atoms with van der Waals surface area (Å²) >= 11 is 6.49. The molecule has 0 saturated heterocycles. The summed E-state index contributed by atoms with van der Waals surface area (Å²) in [5.41, 5.74) is 2.31. The zero-order chi connectivity index (χ0) is 19.9. The maximum absolute atomic E-state index is 12.3. The molecule has 1 saturated carbocycles. The largest absolute Gasteiger partial charge is 0.439 e. The number of urea groups is 1.